The Bertz CT molecular complexity index is 216. The van der Waals surface area contributed by atoms with Crippen LogP contribution in [-0.2, 0) is 4.74 Å². The van der Waals surface area contributed by atoms with Crippen LogP contribution < -0.4 is 0 Å². The highest BCUT2D eigenvalue weighted by atomic mass is 35.5. The Kier molecular flexibility index (Phi) is 5.60. The minimum Gasteiger partial charge on any atom is -0.393 e. The minimum absolute atomic E-state index is 0.00827. The van der Waals surface area contributed by atoms with Crippen molar-refractivity contribution in [3.8, 4) is 0 Å². The number of rotatable bonds is 4. The van der Waals surface area contributed by atoms with Gasteiger partial charge in [0, 0.05) is 0 Å². The van der Waals surface area contributed by atoms with Crippen LogP contribution in [0.5, 0.6) is 0 Å². The average molecular weight is 271 g/mol. The third-order valence-electron chi connectivity index (χ3n) is 2.62. The molecule has 0 aliphatic rings. The SMILES string of the molecule is CC(C)(C)COC(CO)(C(Cl)Cl)C(C)(C)C. The summed E-state index contributed by atoms with van der Waals surface area (Å²) in [4.78, 5) is -0.764. The van der Waals surface area contributed by atoms with Crippen LogP contribution in [0.15, 0.2) is 0 Å². The Labute approximate surface area is 109 Å². The van der Waals surface area contributed by atoms with Crippen LogP contribution in [0.25, 0.3) is 0 Å². The smallest absolute Gasteiger partial charge is 0.139 e. The van der Waals surface area contributed by atoms with Gasteiger partial charge in [-0.15, -0.1) is 23.2 Å². The molecule has 0 aliphatic carbocycles. The molecule has 1 atom stereocenters. The minimum atomic E-state index is -0.927. The van der Waals surface area contributed by atoms with Gasteiger partial charge in [-0.2, -0.15) is 0 Å². The van der Waals surface area contributed by atoms with Crippen molar-refractivity contribution in [2.24, 2.45) is 10.8 Å². The lowest BCUT2D eigenvalue weighted by atomic mass is 9.77. The van der Waals surface area contributed by atoms with Gasteiger partial charge in [-0.1, -0.05) is 41.5 Å². The molecule has 4 heteroatoms. The molecule has 0 heterocycles. The van der Waals surface area contributed by atoms with E-state index in [1.807, 2.05) is 20.8 Å². The Hall–Kier alpha value is 0.500. The molecule has 0 fully saturated rings. The zero-order valence-corrected chi connectivity index (χ0v) is 12.6. The molecule has 0 radical (unpaired) electrons. The fourth-order valence-corrected chi connectivity index (χ4v) is 2.22. The van der Waals surface area contributed by atoms with E-state index in [9.17, 15) is 5.11 Å². The molecule has 0 rings (SSSR count). The first kappa shape index (κ1) is 16.5. The zero-order chi connectivity index (χ0) is 13.2. The third-order valence-corrected chi connectivity index (χ3v) is 3.32. The van der Waals surface area contributed by atoms with E-state index < -0.39 is 10.4 Å². The van der Waals surface area contributed by atoms with Gasteiger partial charge in [-0.25, -0.2) is 0 Å². The van der Waals surface area contributed by atoms with Crippen molar-refractivity contribution < 1.29 is 9.84 Å². The van der Waals surface area contributed by atoms with E-state index >= 15 is 0 Å². The van der Waals surface area contributed by atoms with Crippen molar-refractivity contribution in [3.05, 3.63) is 0 Å². The fourth-order valence-electron chi connectivity index (χ4n) is 1.30. The monoisotopic (exact) mass is 270 g/mol. The molecule has 0 spiro atoms. The molecule has 1 unspecified atom stereocenters. The summed E-state index contributed by atoms with van der Waals surface area (Å²) in [7, 11) is 0. The second kappa shape index (κ2) is 5.43. The number of aliphatic hydroxyl groups is 1. The Morgan fingerprint density at radius 3 is 1.69 bits per heavy atom. The number of aliphatic hydroxyl groups excluding tert-OH is 1. The van der Waals surface area contributed by atoms with Gasteiger partial charge in [0.05, 0.1) is 13.2 Å². The van der Waals surface area contributed by atoms with E-state index in [1.54, 1.807) is 0 Å². The van der Waals surface area contributed by atoms with Crippen molar-refractivity contribution in [1.82, 2.24) is 0 Å². The number of hydrogen-bond donors (Lipinski definition) is 1. The van der Waals surface area contributed by atoms with E-state index in [2.05, 4.69) is 20.8 Å². The first-order chi connectivity index (χ1) is 6.96. The van der Waals surface area contributed by atoms with Gasteiger partial charge < -0.3 is 9.84 Å². The van der Waals surface area contributed by atoms with Gasteiger partial charge >= 0.3 is 0 Å². The Balaban J connectivity index is 4.95. The molecule has 0 aromatic carbocycles. The number of ether oxygens (including phenoxy) is 1. The molecule has 1 N–H and O–H groups in total. The summed E-state index contributed by atoms with van der Waals surface area (Å²) >= 11 is 12.0. The van der Waals surface area contributed by atoms with Gasteiger partial charge in [0.1, 0.15) is 10.4 Å². The van der Waals surface area contributed by atoms with E-state index in [0.717, 1.165) is 0 Å². The van der Waals surface area contributed by atoms with Crippen LogP contribution in [0.2, 0.25) is 0 Å². The number of hydrogen-bond acceptors (Lipinski definition) is 2. The number of halogens is 2. The van der Waals surface area contributed by atoms with E-state index in [4.69, 9.17) is 27.9 Å². The quantitative estimate of drug-likeness (QED) is 0.791. The molecule has 0 aromatic heterocycles. The van der Waals surface area contributed by atoms with Crippen LogP contribution in [-0.4, -0.2) is 28.8 Å². The average Bonchev–Trinajstić information content (AvgIpc) is 2.00. The molecular formula is C12H24Cl2O2. The largest absolute Gasteiger partial charge is 0.393 e. The maximum atomic E-state index is 9.59. The van der Waals surface area contributed by atoms with Gasteiger partial charge in [-0.3, -0.25) is 0 Å². The first-order valence-electron chi connectivity index (χ1n) is 5.49. The van der Waals surface area contributed by atoms with Crippen LogP contribution in [0, 0.1) is 10.8 Å². The highest BCUT2D eigenvalue weighted by Crippen LogP contribution is 2.41. The zero-order valence-electron chi connectivity index (χ0n) is 11.1. The predicted octanol–water partition coefficient (Wildman–Crippen LogP) is 3.63. The summed E-state index contributed by atoms with van der Waals surface area (Å²) in [5, 5.41) is 9.59. The Morgan fingerprint density at radius 2 is 1.50 bits per heavy atom. The molecule has 98 valence electrons. The van der Waals surface area contributed by atoms with Crippen molar-refractivity contribution >= 4 is 23.2 Å². The van der Waals surface area contributed by atoms with Gasteiger partial charge in [-0.05, 0) is 10.8 Å². The second-order valence-electron chi connectivity index (χ2n) is 6.45. The van der Waals surface area contributed by atoms with Crippen molar-refractivity contribution in [3.63, 3.8) is 0 Å². The summed E-state index contributed by atoms with van der Waals surface area (Å²) in [6, 6.07) is 0. The summed E-state index contributed by atoms with van der Waals surface area (Å²) < 4.78 is 5.86. The van der Waals surface area contributed by atoms with Gasteiger partial charge in [0.25, 0.3) is 0 Å². The third kappa shape index (κ3) is 4.06. The summed E-state index contributed by atoms with van der Waals surface area (Å²) in [5.74, 6) is 0. The highest BCUT2D eigenvalue weighted by Gasteiger charge is 2.48. The molecule has 2 nitrogen and oxygen atoms in total. The standard InChI is InChI=1S/C12H24Cl2O2/c1-10(2,3)8-16-12(7-15,9(13)14)11(4,5)6/h9,15H,7-8H2,1-6H3. The van der Waals surface area contributed by atoms with Crippen LogP contribution in [0.1, 0.15) is 41.5 Å². The maximum Gasteiger partial charge on any atom is 0.139 e. The topological polar surface area (TPSA) is 29.5 Å². The highest BCUT2D eigenvalue weighted by molar-refractivity contribution is 6.45. The van der Waals surface area contributed by atoms with Gasteiger partial charge in [0.15, 0.2) is 0 Å². The van der Waals surface area contributed by atoms with E-state index in [0.29, 0.717) is 6.61 Å². The maximum absolute atomic E-state index is 9.59. The summed E-state index contributed by atoms with van der Waals surface area (Å²) in [6.07, 6.45) is 0. The van der Waals surface area contributed by atoms with Crippen molar-refractivity contribution in [2.45, 2.75) is 52.0 Å². The lowest BCUT2D eigenvalue weighted by Crippen LogP contribution is -2.54. The first-order valence-corrected chi connectivity index (χ1v) is 6.36. The molecule has 16 heavy (non-hydrogen) atoms. The Morgan fingerprint density at radius 1 is 1.06 bits per heavy atom. The van der Waals surface area contributed by atoms with Crippen LogP contribution in [0.4, 0.5) is 0 Å². The number of alkyl halides is 2. The molecule has 0 aliphatic heterocycles. The van der Waals surface area contributed by atoms with Crippen LogP contribution in [0.3, 0.4) is 0 Å². The van der Waals surface area contributed by atoms with Crippen LogP contribution >= 0.6 is 23.2 Å². The second-order valence-corrected chi connectivity index (χ2v) is 7.54. The summed E-state index contributed by atoms with van der Waals surface area (Å²) in [6.45, 7) is 12.4. The molecule has 0 bridgehead atoms. The molecule has 0 amide bonds. The lowest BCUT2D eigenvalue weighted by molar-refractivity contribution is -0.151. The van der Waals surface area contributed by atoms with Gasteiger partial charge in [0.2, 0.25) is 0 Å². The predicted molar refractivity (Wildman–Crippen MR) is 70.2 cm³/mol. The molecule has 0 saturated heterocycles. The van der Waals surface area contributed by atoms with E-state index in [1.165, 1.54) is 0 Å². The van der Waals surface area contributed by atoms with Crippen molar-refractivity contribution in [1.29, 1.82) is 0 Å². The normalized spacial score (nSPS) is 17.6. The van der Waals surface area contributed by atoms with E-state index in [-0.39, 0.29) is 17.4 Å². The fraction of sp³-hybridized carbons (Fsp3) is 1.00. The molecule has 0 saturated carbocycles. The summed E-state index contributed by atoms with van der Waals surface area (Å²) in [5.41, 5.74) is -1.25. The lowest BCUT2D eigenvalue weighted by Gasteiger charge is -2.45. The molecule has 0 aromatic rings. The van der Waals surface area contributed by atoms with Crippen molar-refractivity contribution in [2.75, 3.05) is 13.2 Å². The molecular weight excluding hydrogens is 247 g/mol.